The minimum Gasteiger partial charge on any atom is -1.00 e. The largest absolute Gasteiger partial charge is 1.00 e. The summed E-state index contributed by atoms with van der Waals surface area (Å²) in [5.74, 6) is 5.26. The van der Waals surface area contributed by atoms with Crippen molar-refractivity contribution in [3.63, 3.8) is 0 Å². The van der Waals surface area contributed by atoms with E-state index in [0.717, 1.165) is 19.3 Å². The smallest absolute Gasteiger partial charge is 1.00 e. The van der Waals surface area contributed by atoms with Gasteiger partial charge in [-0.25, -0.2) is 0 Å². The van der Waals surface area contributed by atoms with Gasteiger partial charge in [-0.1, -0.05) is 0 Å². The van der Waals surface area contributed by atoms with Crippen LogP contribution in [0.3, 0.4) is 0 Å². The van der Waals surface area contributed by atoms with Crippen LogP contribution in [0.2, 0.25) is 0 Å². The summed E-state index contributed by atoms with van der Waals surface area (Å²) >= 11 is 11.8. The number of nitrogens with one attached hydrogen (secondary N) is 1. The summed E-state index contributed by atoms with van der Waals surface area (Å²) in [5, 5.41) is 0.384. The standard InChI is InChI=1S/C6H12Cl2N2.ClH/c7-4-1-5(8)3-6(2-4)10-9;/h4-6,10H,1-3,9H2;1H. The van der Waals surface area contributed by atoms with Crippen LogP contribution in [0.5, 0.6) is 0 Å². The van der Waals surface area contributed by atoms with Gasteiger partial charge >= 0.3 is 1.43 Å². The number of hydrogen-bond acceptors (Lipinski definition) is 2. The van der Waals surface area contributed by atoms with Crippen molar-refractivity contribution < 1.29 is 13.8 Å². The third-order valence-electron chi connectivity index (χ3n) is 1.83. The highest BCUT2D eigenvalue weighted by atomic mass is 35.5. The van der Waals surface area contributed by atoms with Crippen molar-refractivity contribution in [2.45, 2.75) is 36.1 Å². The molecule has 1 saturated carbocycles. The molecule has 0 aromatic rings. The number of hydrazine groups is 1. The zero-order chi connectivity index (χ0) is 7.56. The third kappa shape index (κ3) is 3.81. The number of hydrogen-bond donors (Lipinski definition) is 2. The fourth-order valence-electron chi connectivity index (χ4n) is 1.32. The topological polar surface area (TPSA) is 38.0 Å². The quantitative estimate of drug-likeness (QED) is 0.315. The van der Waals surface area contributed by atoms with Crippen molar-refractivity contribution in [2.24, 2.45) is 5.84 Å². The van der Waals surface area contributed by atoms with E-state index in [9.17, 15) is 0 Å². The van der Waals surface area contributed by atoms with Crippen LogP contribution in [-0.2, 0) is 0 Å². The summed E-state index contributed by atoms with van der Waals surface area (Å²) in [4.78, 5) is 0. The second-order valence-corrected chi connectivity index (χ2v) is 4.00. The van der Waals surface area contributed by atoms with Gasteiger partial charge in [0.15, 0.2) is 0 Å². The lowest BCUT2D eigenvalue weighted by molar-refractivity contribution is -0.00000217. The van der Waals surface area contributed by atoms with E-state index in [1.165, 1.54) is 0 Å². The molecule has 1 fully saturated rings. The molecule has 2 nitrogen and oxygen atoms in total. The van der Waals surface area contributed by atoms with E-state index in [2.05, 4.69) is 5.43 Å². The fraction of sp³-hybridized carbons (Fsp3) is 1.00. The molecule has 0 bridgehead atoms. The molecule has 0 aliphatic heterocycles. The Kier molecular flexibility index (Phi) is 5.83. The summed E-state index contributed by atoms with van der Waals surface area (Å²) < 4.78 is 0. The molecule has 0 aromatic carbocycles. The second-order valence-electron chi connectivity index (χ2n) is 2.77. The maximum absolute atomic E-state index is 5.90. The number of rotatable bonds is 1. The van der Waals surface area contributed by atoms with Crippen LogP contribution >= 0.6 is 23.2 Å². The molecule has 0 aromatic heterocycles. The molecule has 0 amide bonds. The Balaban J connectivity index is 0. The number of nitrogens with two attached hydrogens (primary N) is 1. The van der Waals surface area contributed by atoms with Crippen molar-refractivity contribution >= 4 is 23.2 Å². The summed E-state index contributed by atoms with van der Waals surface area (Å²) in [5.41, 5.74) is 2.70. The van der Waals surface area contributed by atoms with E-state index in [1.807, 2.05) is 0 Å². The van der Waals surface area contributed by atoms with E-state index in [4.69, 9.17) is 29.0 Å². The Morgan fingerprint density at radius 1 is 1.18 bits per heavy atom. The maximum atomic E-state index is 5.90. The van der Waals surface area contributed by atoms with Gasteiger partial charge in [-0.15, -0.1) is 23.2 Å². The second kappa shape index (κ2) is 5.44. The van der Waals surface area contributed by atoms with Crippen LogP contribution in [-0.4, -0.2) is 16.8 Å². The van der Waals surface area contributed by atoms with Gasteiger partial charge in [0.1, 0.15) is 0 Å². The first-order valence-electron chi connectivity index (χ1n) is 3.46. The first-order chi connectivity index (χ1) is 4.72. The minimum atomic E-state index is 0. The molecule has 11 heavy (non-hydrogen) atoms. The Hall–Kier alpha value is 0.790. The van der Waals surface area contributed by atoms with E-state index in [-0.39, 0.29) is 24.6 Å². The normalized spacial score (nSPS) is 37.9. The summed E-state index contributed by atoms with van der Waals surface area (Å²) in [6.07, 6.45) is 2.77. The van der Waals surface area contributed by atoms with Gasteiger partial charge in [0, 0.05) is 16.8 Å². The molecule has 1 rings (SSSR count). The van der Waals surface area contributed by atoms with Gasteiger partial charge in [-0.2, -0.15) is 0 Å². The average Bonchev–Trinajstić information content (AvgIpc) is 1.85. The molecule has 2 unspecified atom stereocenters. The van der Waals surface area contributed by atoms with E-state index in [1.54, 1.807) is 0 Å². The summed E-state index contributed by atoms with van der Waals surface area (Å²) in [6, 6.07) is 0.304. The zero-order valence-electron chi connectivity index (χ0n) is 7.06. The number of halogens is 3. The molecular formula is C6H13Cl3N2. The van der Waals surface area contributed by atoms with Gasteiger partial charge in [0.25, 0.3) is 0 Å². The Morgan fingerprint density at radius 3 is 2.00 bits per heavy atom. The summed E-state index contributed by atoms with van der Waals surface area (Å²) in [7, 11) is 0. The van der Waals surface area contributed by atoms with Gasteiger partial charge in [0.05, 0.1) is 0 Å². The Morgan fingerprint density at radius 2 is 1.64 bits per heavy atom. The Labute approximate surface area is 84.7 Å². The van der Waals surface area contributed by atoms with Crippen molar-refractivity contribution in [2.75, 3.05) is 0 Å². The van der Waals surface area contributed by atoms with Crippen LogP contribution in [0.1, 0.15) is 20.7 Å². The van der Waals surface area contributed by atoms with Crippen molar-refractivity contribution in [1.82, 2.24) is 5.43 Å². The molecule has 5 heteroatoms. The molecule has 1 aliphatic rings. The van der Waals surface area contributed by atoms with Crippen LogP contribution in [0, 0.1) is 0 Å². The zero-order valence-corrected chi connectivity index (χ0v) is 8.33. The lowest BCUT2D eigenvalue weighted by Crippen LogP contribution is -3.00. The minimum absolute atomic E-state index is 0. The van der Waals surface area contributed by atoms with E-state index >= 15 is 0 Å². The van der Waals surface area contributed by atoms with Crippen LogP contribution in [0.4, 0.5) is 0 Å². The fourth-order valence-corrected chi connectivity index (χ4v) is 2.27. The highest BCUT2D eigenvalue weighted by Crippen LogP contribution is 2.26. The van der Waals surface area contributed by atoms with Crippen molar-refractivity contribution in [1.29, 1.82) is 0 Å². The predicted octanol–water partition coefficient (Wildman–Crippen LogP) is -1.67. The lowest BCUT2D eigenvalue weighted by Gasteiger charge is -2.28. The number of alkyl halides is 2. The van der Waals surface area contributed by atoms with Gasteiger partial charge < -0.3 is 12.4 Å². The molecule has 3 N–H and O–H groups in total. The molecular weight excluding hydrogens is 206 g/mol. The van der Waals surface area contributed by atoms with Gasteiger partial charge in [-0.05, 0) is 19.3 Å². The molecule has 68 valence electrons. The van der Waals surface area contributed by atoms with Gasteiger partial charge in [0.2, 0.25) is 0 Å². The SMILES string of the molecule is NNC1CC(Cl)CC(Cl)C1.[Cl-].[H+]. The first kappa shape index (κ1) is 11.8. The highest BCUT2D eigenvalue weighted by Gasteiger charge is 2.25. The highest BCUT2D eigenvalue weighted by molar-refractivity contribution is 6.23. The first-order valence-corrected chi connectivity index (χ1v) is 4.34. The maximum Gasteiger partial charge on any atom is 1.00 e. The monoisotopic (exact) mass is 218 g/mol. The van der Waals surface area contributed by atoms with Gasteiger partial charge in [-0.3, -0.25) is 11.3 Å². The molecule has 0 saturated heterocycles. The average molecular weight is 220 g/mol. The van der Waals surface area contributed by atoms with Crippen LogP contribution < -0.4 is 23.7 Å². The van der Waals surface area contributed by atoms with Crippen LogP contribution in [0.15, 0.2) is 0 Å². The lowest BCUT2D eigenvalue weighted by atomic mass is 9.95. The molecule has 0 radical (unpaired) electrons. The molecule has 0 heterocycles. The van der Waals surface area contributed by atoms with E-state index < -0.39 is 0 Å². The molecule has 0 spiro atoms. The van der Waals surface area contributed by atoms with Crippen LogP contribution in [0.25, 0.3) is 0 Å². The third-order valence-corrected chi connectivity index (χ3v) is 2.54. The van der Waals surface area contributed by atoms with Crippen molar-refractivity contribution in [3.05, 3.63) is 0 Å². The summed E-state index contributed by atoms with van der Waals surface area (Å²) in [6.45, 7) is 0. The Bertz CT molecular complexity index is 107. The molecule has 2 atom stereocenters. The van der Waals surface area contributed by atoms with Crippen molar-refractivity contribution in [3.8, 4) is 0 Å². The predicted molar refractivity (Wildman–Crippen MR) is 45.4 cm³/mol. The van der Waals surface area contributed by atoms with E-state index in [0.29, 0.717) is 6.04 Å². The molecule has 1 aliphatic carbocycles.